The second-order valence-corrected chi connectivity index (χ2v) is 4.75. The second-order valence-electron chi connectivity index (χ2n) is 3.76. The number of anilines is 1. The lowest BCUT2D eigenvalue weighted by Crippen LogP contribution is -2.16. The molecule has 0 fully saturated rings. The number of aromatic amines is 1. The molecule has 2 heterocycles. The van der Waals surface area contributed by atoms with E-state index in [0.29, 0.717) is 16.7 Å². The average molecular weight is 295 g/mol. The van der Waals surface area contributed by atoms with Gasteiger partial charge in [-0.2, -0.15) is 0 Å². The highest BCUT2D eigenvalue weighted by molar-refractivity contribution is 7.99. The third-order valence-electron chi connectivity index (χ3n) is 2.55. The van der Waals surface area contributed by atoms with Crippen LogP contribution in [0.15, 0.2) is 27.2 Å². The molecule has 20 heavy (non-hydrogen) atoms. The number of ether oxygens (including phenoxy) is 1. The van der Waals surface area contributed by atoms with Crippen LogP contribution in [-0.2, 0) is 11.3 Å². The summed E-state index contributed by atoms with van der Waals surface area (Å²) >= 11 is 1.16. The molecule has 0 aliphatic rings. The zero-order valence-corrected chi connectivity index (χ0v) is 11.7. The van der Waals surface area contributed by atoms with E-state index >= 15 is 0 Å². The topological polar surface area (TPSA) is 116 Å². The van der Waals surface area contributed by atoms with Crippen molar-refractivity contribution >= 4 is 23.4 Å². The van der Waals surface area contributed by atoms with Crippen LogP contribution < -0.4 is 11.4 Å². The number of carbonyl (C=O) groups is 1. The summed E-state index contributed by atoms with van der Waals surface area (Å²) < 4.78 is 6.10. The minimum absolute atomic E-state index is 0.228. The lowest BCUT2D eigenvalue weighted by molar-refractivity contribution is 0.0601. The maximum Gasteiger partial charge on any atom is 0.343 e. The van der Waals surface area contributed by atoms with Crippen molar-refractivity contribution in [2.45, 2.75) is 23.7 Å². The summed E-state index contributed by atoms with van der Waals surface area (Å²) in [6, 6.07) is 1.50. The summed E-state index contributed by atoms with van der Waals surface area (Å²) in [4.78, 5) is 27.1. The molecule has 0 atom stereocenters. The quantitative estimate of drug-likeness (QED) is 0.789. The Morgan fingerprint density at radius 3 is 3.00 bits per heavy atom. The molecule has 0 aromatic carbocycles. The van der Waals surface area contributed by atoms with Crippen LogP contribution in [0.5, 0.6) is 0 Å². The zero-order chi connectivity index (χ0) is 14.7. The van der Waals surface area contributed by atoms with Gasteiger partial charge >= 0.3 is 11.7 Å². The van der Waals surface area contributed by atoms with Crippen LogP contribution in [0.2, 0.25) is 0 Å². The van der Waals surface area contributed by atoms with Crippen molar-refractivity contribution in [2.75, 3.05) is 12.8 Å². The Morgan fingerprint density at radius 1 is 1.60 bits per heavy atom. The van der Waals surface area contributed by atoms with Gasteiger partial charge in [-0.1, -0.05) is 0 Å². The van der Waals surface area contributed by atoms with Crippen molar-refractivity contribution in [3.63, 3.8) is 0 Å². The number of aromatic nitrogens is 4. The SMILES string of the molecule is CCn1c(Sc2cc(C(=O)OC)c(N)cn2)n[nH]c1=O. The van der Waals surface area contributed by atoms with Gasteiger partial charge in [0.25, 0.3) is 0 Å². The van der Waals surface area contributed by atoms with Gasteiger partial charge in [-0.3, -0.25) is 4.57 Å². The van der Waals surface area contributed by atoms with Gasteiger partial charge in [0.15, 0.2) is 5.16 Å². The Kier molecular flexibility index (Phi) is 4.08. The predicted octanol–water partition coefficient (Wildman–Crippen LogP) is 0.506. The van der Waals surface area contributed by atoms with Crippen molar-refractivity contribution < 1.29 is 9.53 Å². The Morgan fingerprint density at radius 2 is 2.35 bits per heavy atom. The molecule has 2 rings (SSSR count). The molecule has 0 saturated heterocycles. The van der Waals surface area contributed by atoms with Crippen LogP contribution in [0.25, 0.3) is 0 Å². The van der Waals surface area contributed by atoms with Gasteiger partial charge in [-0.25, -0.2) is 19.7 Å². The highest BCUT2D eigenvalue weighted by Crippen LogP contribution is 2.25. The molecule has 0 aliphatic heterocycles. The van der Waals surface area contributed by atoms with E-state index in [2.05, 4.69) is 19.9 Å². The number of carbonyl (C=O) groups excluding carboxylic acids is 1. The van der Waals surface area contributed by atoms with Crippen molar-refractivity contribution in [3.05, 3.63) is 28.3 Å². The Hall–Kier alpha value is -2.29. The lowest BCUT2D eigenvalue weighted by Gasteiger charge is -2.06. The largest absolute Gasteiger partial charge is 0.465 e. The molecule has 0 spiro atoms. The average Bonchev–Trinajstić information content (AvgIpc) is 2.80. The molecule has 3 N–H and O–H groups in total. The molecule has 9 heteroatoms. The standard InChI is InChI=1S/C11H13N5O3S/c1-3-16-10(18)14-15-11(16)20-8-4-6(9(17)19-2)7(12)5-13-8/h4-5H,3,12H2,1-2H3,(H,14,18). The second kappa shape index (κ2) is 5.78. The van der Waals surface area contributed by atoms with E-state index < -0.39 is 5.97 Å². The van der Waals surface area contributed by atoms with Crippen LogP contribution in [0.3, 0.4) is 0 Å². The number of hydrogen-bond donors (Lipinski definition) is 2. The van der Waals surface area contributed by atoms with E-state index in [9.17, 15) is 9.59 Å². The van der Waals surface area contributed by atoms with Crippen molar-refractivity contribution in [1.82, 2.24) is 19.7 Å². The number of pyridine rings is 1. The Balaban J connectivity index is 2.34. The van der Waals surface area contributed by atoms with Crippen LogP contribution in [0, 0.1) is 0 Å². The van der Waals surface area contributed by atoms with Crippen LogP contribution >= 0.6 is 11.8 Å². The molecule has 0 unspecified atom stereocenters. The molecule has 0 radical (unpaired) electrons. The summed E-state index contributed by atoms with van der Waals surface area (Å²) in [6.07, 6.45) is 1.37. The summed E-state index contributed by atoms with van der Waals surface area (Å²) in [7, 11) is 1.28. The van der Waals surface area contributed by atoms with Gasteiger partial charge in [0, 0.05) is 6.54 Å². The highest BCUT2D eigenvalue weighted by atomic mass is 32.2. The summed E-state index contributed by atoms with van der Waals surface area (Å²) in [5.41, 5.74) is 5.84. The molecular formula is C11H13N5O3S. The van der Waals surface area contributed by atoms with E-state index in [4.69, 9.17) is 5.73 Å². The van der Waals surface area contributed by atoms with E-state index in [1.807, 2.05) is 6.92 Å². The molecule has 0 aliphatic carbocycles. The third-order valence-corrected chi connectivity index (χ3v) is 3.48. The number of nitrogens with zero attached hydrogens (tertiary/aromatic N) is 3. The third kappa shape index (κ3) is 2.67. The molecule has 0 bridgehead atoms. The Labute approximate surface area is 118 Å². The predicted molar refractivity (Wildman–Crippen MR) is 72.6 cm³/mol. The van der Waals surface area contributed by atoms with Crippen molar-refractivity contribution in [1.29, 1.82) is 0 Å². The van der Waals surface area contributed by atoms with Gasteiger partial charge in [0.1, 0.15) is 5.03 Å². The fraction of sp³-hybridized carbons (Fsp3) is 0.273. The zero-order valence-electron chi connectivity index (χ0n) is 10.9. The van der Waals surface area contributed by atoms with Gasteiger partial charge in [-0.15, -0.1) is 5.10 Å². The minimum Gasteiger partial charge on any atom is -0.465 e. The molecule has 0 saturated carbocycles. The number of esters is 1. The van der Waals surface area contributed by atoms with E-state index in [1.54, 1.807) is 0 Å². The van der Waals surface area contributed by atoms with Crippen LogP contribution in [0.1, 0.15) is 17.3 Å². The van der Waals surface area contributed by atoms with Crippen LogP contribution in [-0.4, -0.2) is 32.8 Å². The van der Waals surface area contributed by atoms with Gasteiger partial charge < -0.3 is 10.5 Å². The van der Waals surface area contributed by atoms with E-state index in [-0.39, 0.29) is 16.9 Å². The fourth-order valence-electron chi connectivity index (χ4n) is 1.54. The maximum absolute atomic E-state index is 11.5. The first-order chi connectivity index (χ1) is 9.56. The molecule has 2 aromatic heterocycles. The number of methoxy groups -OCH3 is 1. The summed E-state index contributed by atoms with van der Waals surface area (Å²) in [5, 5.41) is 7.22. The number of nitrogen functional groups attached to an aromatic ring is 1. The Bertz CT molecular complexity index is 694. The first-order valence-corrected chi connectivity index (χ1v) is 6.55. The van der Waals surface area contributed by atoms with Crippen molar-refractivity contribution in [3.8, 4) is 0 Å². The van der Waals surface area contributed by atoms with Gasteiger partial charge in [-0.05, 0) is 24.8 Å². The number of nitrogens with two attached hydrogens (primary N) is 1. The van der Waals surface area contributed by atoms with Gasteiger partial charge in [0.2, 0.25) is 0 Å². The van der Waals surface area contributed by atoms with Gasteiger partial charge in [0.05, 0.1) is 24.6 Å². The molecule has 2 aromatic rings. The molecule has 106 valence electrons. The number of H-pyrrole nitrogens is 1. The highest BCUT2D eigenvalue weighted by Gasteiger charge is 2.14. The number of rotatable bonds is 4. The number of hydrogen-bond acceptors (Lipinski definition) is 7. The maximum atomic E-state index is 11.5. The minimum atomic E-state index is -0.540. The van der Waals surface area contributed by atoms with Crippen LogP contribution in [0.4, 0.5) is 5.69 Å². The number of nitrogens with one attached hydrogen (secondary N) is 1. The summed E-state index contributed by atoms with van der Waals surface area (Å²) in [6.45, 7) is 2.31. The lowest BCUT2D eigenvalue weighted by atomic mass is 10.2. The molecule has 0 amide bonds. The summed E-state index contributed by atoms with van der Waals surface area (Å²) in [5.74, 6) is -0.540. The monoisotopic (exact) mass is 295 g/mol. The first kappa shape index (κ1) is 14.1. The fourth-order valence-corrected chi connectivity index (χ4v) is 2.43. The van der Waals surface area contributed by atoms with E-state index in [1.165, 1.54) is 23.9 Å². The normalized spacial score (nSPS) is 10.5. The first-order valence-electron chi connectivity index (χ1n) is 5.73. The molecule has 8 nitrogen and oxygen atoms in total. The van der Waals surface area contributed by atoms with E-state index in [0.717, 1.165) is 11.8 Å². The smallest absolute Gasteiger partial charge is 0.343 e. The van der Waals surface area contributed by atoms with Crippen molar-refractivity contribution in [2.24, 2.45) is 0 Å². The molecular weight excluding hydrogens is 282 g/mol.